The predicted octanol–water partition coefficient (Wildman–Crippen LogP) is 3.66. The number of carbonyl (C=O) groups excluding carboxylic acids is 2. The van der Waals surface area contributed by atoms with Crippen LogP contribution < -0.4 is 10.2 Å². The van der Waals surface area contributed by atoms with Gasteiger partial charge in [0.2, 0.25) is 11.8 Å². The maximum Gasteiger partial charge on any atom is 0.409 e. The summed E-state index contributed by atoms with van der Waals surface area (Å²) in [6, 6.07) is 3.83. The molecule has 1 aromatic rings. The Kier molecular flexibility index (Phi) is 5.89. The minimum Gasteiger partial charge on any atom is -0.324 e. The highest BCUT2D eigenvalue weighted by atomic mass is 19.4. The topological polar surface area (TPSA) is 52.7 Å². The zero-order valence-corrected chi connectivity index (χ0v) is 16.2. The SMILES string of the molecule is CC(N(C)CC(=O)N1c2ccccc2NC(=O)CC1C(F)(F)F)C(C)(C)C. The van der Waals surface area contributed by atoms with E-state index in [-0.39, 0.29) is 29.4 Å². The van der Waals surface area contributed by atoms with Crippen molar-refractivity contribution in [3.63, 3.8) is 0 Å². The number of anilines is 2. The Morgan fingerprint density at radius 2 is 1.89 bits per heavy atom. The smallest absolute Gasteiger partial charge is 0.324 e. The third-order valence-corrected chi connectivity index (χ3v) is 5.07. The molecule has 2 atom stereocenters. The van der Waals surface area contributed by atoms with E-state index in [0.717, 1.165) is 4.90 Å². The molecule has 0 fully saturated rings. The maximum atomic E-state index is 13.7. The molecule has 1 aromatic carbocycles. The molecule has 1 aliphatic heterocycles. The van der Waals surface area contributed by atoms with Crippen molar-refractivity contribution < 1.29 is 22.8 Å². The lowest BCUT2D eigenvalue weighted by molar-refractivity contribution is -0.158. The molecule has 1 aliphatic rings. The second-order valence-electron chi connectivity index (χ2n) is 8.05. The second-order valence-corrected chi connectivity index (χ2v) is 8.05. The molecule has 5 nitrogen and oxygen atoms in total. The van der Waals surface area contributed by atoms with Gasteiger partial charge in [0.25, 0.3) is 0 Å². The summed E-state index contributed by atoms with van der Waals surface area (Å²) in [4.78, 5) is 27.4. The Bertz CT molecular complexity index is 713. The first kappa shape index (κ1) is 21.2. The molecule has 0 saturated heterocycles. The number of amides is 2. The monoisotopic (exact) mass is 385 g/mol. The number of nitrogens with zero attached hydrogens (tertiary/aromatic N) is 2. The van der Waals surface area contributed by atoms with Crippen LogP contribution in [0.5, 0.6) is 0 Å². The van der Waals surface area contributed by atoms with Gasteiger partial charge in [-0.05, 0) is 31.5 Å². The van der Waals surface area contributed by atoms with Gasteiger partial charge in [-0.2, -0.15) is 13.2 Å². The van der Waals surface area contributed by atoms with Gasteiger partial charge >= 0.3 is 6.18 Å². The molecule has 1 N–H and O–H groups in total. The average Bonchev–Trinajstić information content (AvgIpc) is 2.68. The molecule has 2 rings (SSSR count). The fourth-order valence-corrected chi connectivity index (χ4v) is 3.08. The van der Waals surface area contributed by atoms with Crippen LogP contribution in [0.1, 0.15) is 34.1 Å². The van der Waals surface area contributed by atoms with E-state index in [0.29, 0.717) is 0 Å². The highest BCUT2D eigenvalue weighted by molar-refractivity contribution is 6.05. The first-order chi connectivity index (χ1) is 12.3. The Labute approximate surface area is 157 Å². The second kappa shape index (κ2) is 7.50. The summed E-state index contributed by atoms with van der Waals surface area (Å²) >= 11 is 0. The number of alkyl halides is 3. The summed E-state index contributed by atoms with van der Waals surface area (Å²) in [5.74, 6) is -1.46. The molecule has 1 heterocycles. The van der Waals surface area contributed by atoms with Crippen LogP contribution in [0.2, 0.25) is 0 Å². The van der Waals surface area contributed by atoms with E-state index in [1.54, 1.807) is 24.1 Å². The van der Waals surface area contributed by atoms with Crippen LogP contribution in [0.3, 0.4) is 0 Å². The van der Waals surface area contributed by atoms with E-state index in [4.69, 9.17) is 0 Å². The maximum absolute atomic E-state index is 13.7. The van der Waals surface area contributed by atoms with Gasteiger partial charge in [0, 0.05) is 6.04 Å². The largest absolute Gasteiger partial charge is 0.409 e. The fraction of sp³-hybridized carbons (Fsp3) is 0.579. The molecule has 150 valence electrons. The minimum absolute atomic E-state index is 0.0345. The molecule has 0 aliphatic carbocycles. The van der Waals surface area contributed by atoms with Crippen molar-refractivity contribution in [1.29, 1.82) is 0 Å². The van der Waals surface area contributed by atoms with Crippen LogP contribution in [-0.4, -0.2) is 48.6 Å². The van der Waals surface area contributed by atoms with Gasteiger partial charge in [-0.25, -0.2) is 0 Å². The van der Waals surface area contributed by atoms with Crippen LogP contribution in [0.25, 0.3) is 0 Å². The summed E-state index contributed by atoms with van der Waals surface area (Å²) in [5.41, 5.74) is 0.119. The number of nitrogens with one attached hydrogen (secondary N) is 1. The van der Waals surface area contributed by atoms with E-state index in [1.165, 1.54) is 12.1 Å². The molecular weight excluding hydrogens is 359 g/mol. The zero-order valence-electron chi connectivity index (χ0n) is 16.2. The Balaban J connectivity index is 2.42. The van der Waals surface area contributed by atoms with E-state index in [1.807, 2.05) is 27.7 Å². The van der Waals surface area contributed by atoms with Crippen molar-refractivity contribution in [3.8, 4) is 0 Å². The molecular formula is C19H26F3N3O2. The Hall–Kier alpha value is -2.09. The van der Waals surface area contributed by atoms with Gasteiger partial charge in [0.15, 0.2) is 0 Å². The van der Waals surface area contributed by atoms with Crippen molar-refractivity contribution in [2.45, 2.75) is 52.4 Å². The highest BCUT2D eigenvalue weighted by Gasteiger charge is 2.49. The molecule has 0 aromatic heterocycles. The number of likely N-dealkylation sites (N-methyl/N-ethyl adjacent to an activating group) is 1. The fourth-order valence-electron chi connectivity index (χ4n) is 3.08. The quantitative estimate of drug-likeness (QED) is 0.864. The van der Waals surface area contributed by atoms with Crippen LogP contribution in [0.4, 0.5) is 24.5 Å². The van der Waals surface area contributed by atoms with Crippen LogP contribution >= 0.6 is 0 Å². The number of hydrogen-bond donors (Lipinski definition) is 1. The van der Waals surface area contributed by atoms with Crippen molar-refractivity contribution >= 4 is 23.2 Å². The van der Waals surface area contributed by atoms with Gasteiger partial charge in [0.1, 0.15) is 6.04 Å². The standard InChI is InChI=1S/C19H26F3N3O2/c1-12(18(2,3)4)24(5)11-17(27)25-14-9-7-6-8-13(14)23-16(26)10-15(25)19(20,21)22/h6-9,12,15H,10-11H2,1-5H3,(H,23,26). The number of halogens is 3. The Morgan fingerprint density at radius 1 is 1.30 bits per heavy atom. The van der Waals surface area contributed by atoms with Crippen molar-refractivity contribution in [3.05, 3.63) is 24.3 Å². The van der Waals surface area contributed by atoms with Gasteiger partial charge < -0.3 is 5.32 Å². The summed E-state index contributed by atoms with van der Waals surface area (Å²) in [5, 5.41) is 2.46. The number of hydrogen-bond acceptors (Lipinski definition) is 3. The molecule has 0 saturated carbocycles. The van der Waals surface area contributed by atoms with E-state index in [9.17, 15) is 22.8 Å². The zero-order chi connectivity index (χ0) is 20.6. The lowest BCUT2D eigenvalue weighted by Gasteiger charge is -2.37. The van der Waals surface area contributed by atoms with Gasteiger partial charge in [-0.1, -0.05) is 32.9 Å². The lowest BCUT2D eigenvalue weighted by atomic mass is 9.87. The van der Waals surface area contributed by atoms with Gasteiger partial charge in [-0.15, -0.1) is 0 Å². The number of carbonyl (C=O) groups is 2. The molecule has 2 unspecified atom stereocenters. The van der Waals surface area contributed by atoms with Crippen molar-refractivity contribution in [2.24, 2.45) is 5.41 Å². The number of fused-ring (bicyclic) bond motifs is 1. The molecule has 8 heteroatoms. The Morgan fingerprint density at radius 3 is 2.44 bits per heavy atom. The summed E-state index contributed by atoms with van der Waals surface area (Å²) in [6.45, 7) is 7.74. The molecule has 0 bridgehead atoms. The number of benzene rings is 1. The van der Waals surface area contributed by atoms with Crippen molar-refractivity contribution in [1.82, 2.24) is 4.90 Å². The third kappa shape index (κ3) is 4.80. The van der Waals surface area contributed by atoms with E-state index >= 15 is 0 Å². The van der Waals surface area contributed by atoms with Crippen molar-refractivity contribution in [2.75, 3.05) is 23.8 Å². The van der Waals surface area contributed by atoms with Crippen LogP contribution in [-0.2, 0) is 9.59 Å². The minimum atomic E-state index is -4.72. The van der Waals surface area contributed by atoms with Gasteiger partial charge in [0.05, 0.1) is 24.3 Å². The normalized spacial score (nSPS) is 19.4. The lowest BCUT2D eigenvalue weighted by Crippen LogP contribution is -2.53. The summed E-state index contributed by atoms with van der Waals surface area (Å²) in [6.07, 6.45) is -5.55. The predicted molar refractivity (Wildman–Crippen MR) is 98.6 cm³/mol. The molecule has 2 amide bonds. The third-order valence-electron chi connectivity index (χ3n) is 5.07. The molecule has 0 spiro atoms. The van der Waals surface area contributed by atoms with Crippen LogP contribution in [0, 0.1) is 5.41 Å². The highest BCUT2D eigenvalue weighted by Crippen LogP contribution is 2.38. The van der Waals surface area contributed by atoms with Gasteiger partial charge in [-0.3, -0.25) is 19.4 Å². The van der Waals surface area contributed by atoms with E-state index < -0.39 is 30.5 Å². The number of para-hydroxylation sites is 2. The first-order valence-corrected chi connectivity index (χ1v) is 8.80. The van der Waals surface area contributed by atoms with Crippen LogP contribution in [0.15, 0.2) is 24.3 Å². The average molecular weight is 385 g/mol. The first-order valence-electron chi connectivity index (χ1n) is 8.80. The van der Waals surface area contributed by atoms with E-state index in [2.05, 4.69) is 5.32 Å². The molecule has 27 heavy (non-hydrogen) atoms. The summed E-state index contributed by atoms with van der Waals surface area (Å²) < 4.78 is 41.1. The summed E-state index contributed by atoms with van der Waals surface area (Å²) in [7, 11) is 1.71. The molecule has 0 radical (unpaired) electrons. The number of rotatable bonds is 3.